The van der Waals surface area contributed by atoms with Crippen LogP contribution in [0.3, 0.4) is 0 Å². The molecule has 0 aliphatic carbocycles. The van der Waals surface area contributed by atoms with Gasteiger partial charge >= 0.3 is 0 Å². The van der Waals surface area contributed by atoms with Crippen LogP contribution in [0.5, 0.6) is 0 Å². The van der Waals surface area contributed by atoms with Crippen molar-refractivity contribution in [1.29, 1.82) is 0 Å². The van der Waals surface area contributed by atoms with Crippen molar-refractivity contribution < 1.29 is 14.3 Å². The van der Waals surface area contributed by atoms with Crippen LogP contribution in [0.4, 0.5) is 0 Å². The smallest absolute Gasteiger partial charge is 0.219 e. The van der Waals surface area contributed by atoms with E-state index in [1.165, 1.54) is 0 Å². The minimum Gasteiger partial charge on any atom is -0.453 e. The zero-order valence-electron chi connectivity index (χ0n) is 12.9. The Kier molecular flexibility index (Phi) is 4.61. The summed E-state index contributed by atoms with van der Waals surface area (Å²) in [5.41, 5.74) is 0.0979. The Bertz CT molecular complexity index is 537. The van der Waals surface area contributed by atoms with Gasteiger partial charge < -0.3 is 14.4 Å². The third-order valence-electron chi connectivity index (χ3n) is 5.34. The number of hydrogen-bond acceptors (Lipinski definition) is 4. The second-order valence-electron chi connectivity index (χ2n) is 6.62. The largest absolute Gasteiger partial charge is 0.453 e. The molecule has 1 aromatic heterocycles. The number of halogens is 1. The average Bonchev–Trinajstić information content (AvgIpc) is 3.06. The van der Waals surface area contributed by atoms with Gasteiger partial charge in [-0.2, -0.15) is 0 Å². The van der Waals surface area contributed by atoms with Gasteiger partial charge in [-0.25, -0.2) is 0 Å². The predicted molar refractivity (Wildman–Crippen MR) is 86.2 cm³/mol. The Morgan fingerprint density at radius 1 is 1.45 bits per heavy atom. The monoisotopic (exact) mass is 370 g/mol. The number of nitrogens with zero attached hydrogens (tertiary/aromatic N) is 2. The van der Waals surface area contributed by atoms with Crippen LogP contribution in [0.25, 0.3) is 0 Å². The van der Waals surface area contributed by atoms with E-state index in [2.05, 4.69) is 20.8 Å². The Balaban J connectivity index is 1.61. The maximum atomic E-state index is 11.7. The fraction of sp³-hybridized carbons (Fsp3) is 0.688. The molecule has 122 valence electrons. The summed E-state index contributed by atoms with van der Waals surface area (Å²) in [4.78, 5) is 16.0. The molecule has 0 saturated carbocycles. The van der Waals surface area contributed by atoms with Gasteiger partial charge in [-0.1, -0.05) is 0 Å². The lowest BCUT2D eigenvalue weighted by atomic mass is 9.71. The fourth-order valence-corrected chi connectivity index (χ4v) is 4.24. The van der Waals surface area contributed by atoms with Gasteiger partial charge in [0, 0.05) is 32.5 Å². The van der Waals surface area contributed by atoms with Crippen molar-refractivity contribution in [2.24, 2.45) is 11.3 Å². The maximum Gasteiger partial charge on any atom is 0.219 e. The number of rotatable bonds is 3. The quantitative estimate of drug-likeness (QED) is 0.884. The van der Waals surface area contributed by atoms with Gasteiger partial charge in [0.2, 0.25) is 5.91 Å². The van der Waals surface area contributed by atoms with Gasteiger partial charge in [-0.15, -0.1) is 0 Å². The summed E-state index contributed by atoms with van der Waals surface area (Å²) in [6.07, 6.45) is 2.06. The van der Waals surface area contributed by atoms with Gasteiger partial charge in [-0.05, 0) is 59.4 Å². The van der Waals surface area contributed by atoms with Gasteiger partial charge in [0.25, 0.3) is 0 Å². The second-order valence-corrected chi connectivity index (χ2v) is 7.40. The maximum absolute atomic E-state index is 11.7. The van der Waals surface area contributed by atoms with Crippen LogP contribution in [-0.4, -0.2) is 53.6 Å². The van der Waals surface area contributed by atoms with Crippen LogP contribution in [0.2, 0.25) is 0 Å². The molecule has 2 fully saturated rings. The molecule has 3 heterocycles. The molecule has 0 radical (unpaired) electrons. The van der Waals surface area contributed by atoms with Gasteiger partial charge in [0.15, 0.2) is 4.67 Å². The van der Waals surface area contributed by atoms with E-state index in [0.717, 1.165) is 49.5 Å². The number of aliphatic hydroxyl groups excluding tert-OH is 1. The summed E-state index contributed by atoms with van der Waals surface area (Å²) in [7, 11) is 0. The van der Waals surface area contributed by atoms with Crippen molar-refractivity contribution in [1.82, 2.24) is 9.80 Å². The minimum atomic E-state index is 0.0979. The molecule has 2 aliphatic heterocycles. The second kappa shape index (κ2) is 6.34. The molecule has 0 bridgehead atoms. The summed E-state index contributed by atoms with van der Waals surface area (Å²) >= 11 is 3.33. The van der Waals surface area contributed by atoms with Gasteiger partial charge in [0.1, 0.15) is 5.76 Å². The summed E-state index contributed by atoms with van der Waals surface area (Å²) in [6, 6.07) is 3.92. The molecular formula is C16H23BrN2O3. The number of carbonyl (C=O) groups excluding carboxylic acids is 1. The first kappa shape index (κ1) is 16.0. The lowest BCUT2D eigenvalue weighted by Gasteiger charge is -2.41. The van der Waals surface area contributed by atoms with Crippen LogP contribution in [0.15, 0.2) is 21.2 Å². The van der Waals surface area contributed by atoms with E-state index in [0.29, 0.717) is 6.54 Å². The number of aliphatic hydroxyl groups is 1. The average molecular weight is 371 g/mol. The highest BCUT2D eigenvalue weighted by Gasteiger charge is 2.48. The molecule has 0 aromatic carbocycles. The van der Waals surface area contributed by atoms with Crippen molar-refractivity contribution in [3.05, 3.63) is 22.6 Å². The van der Waals surface area contributed by atoms with E-state index in [9.17, 15) is 9.90 Å². The number of hydrogen-bond donors (Lipinski definition) is 1. The Hall–Kier alpha value is -0.850. The van der Waals surface area contributed by atoms with E-state index in [1.54, 1.807) is 6.92 Å². The lowest BCUT2D eigenvalue weighted by molar-refractivity contribution is -0.128. The van der Waals surface area contributed by atoms with E-state index in [4.69, 9.17) is 4.42 Å². The summed E-state index contributed by atoms with van der Waals surface area (Å²) in [5, 5.41) is 9.72. The number of amides is 1. The highest BCUT2D eigenvalue weighted by Crippen LogP contribution is 2.44. The van der Waals surface area contributed by atoms with Crippen LogP contribution < -0.4 is 0 Å². The molecule has 2 saturated heterocycles. The molecule has 1 atom stereocenters. The van der Waals surface area contributed by atoms with Crippen LogP contribution in [0, 0.1) is 11.3 Å². The van der Waals surface area contributed by atoms with Crippen molar-refractivity contribution >= 4 is 21.8 Å². The SMILES string of the molecule is CC(=O)N1CC(CO)C2(CCN(Cc3ccc(Br)o3)CC2)C1. The van der Waals surface area contributed by atoms with Gasteiger partial charge in [-0.3, -0.25) is 9.69 Å². The fourth-order valence-electron chi connectivity index (χ4n) is 3.90. The Morgan fingerprint density at radius 2 is 2.18 bits per heavy atom. The molecule has 2 aliphatic rings. The summed E-state index contributed by atoms with van der Waals surface area (Å²) in [5.74, 6) is 1.31. The molecule has 1 amide bonds. The summed E-state index contributed by atoms with van der Waals surface area (Å²) in [6.45, 7) is 6.10. The van der Waals surface area contributed by atoms with E-state index < -0.39 is 0 Å². The summed E-state index contributed by atoms with van der Waals surface area (Å²) < 4.78 is 6.34. The Labute approximate surface area is 139 Å². The highest BCUT2D eigenvalue weighted by molar-refractivity contribution is 9.10. The van der Waals surface area contributed by atoms with E-state index >= 15 is 0 Å². The first-order valence-corrected chi connectivity index (χ1v) is 8.65. The zero-order valence-corrected chi connectivity index (χ0v) is 14.5. The molecule has 3 rings (SSSR count). The van der Waals surface area contributed by atoms with E-state index in [-0.39, 0.29) is 23.8 Å². The standard InChI is InChI=1S/C16H23BrN2O3/c1-12(21)19-8-13(10-20)16(11-19)4-6-18(7-5-16)9-14-2-3-15(17)22-14/h2-3,13,20H,4-11H2,1H3. The normalized spacial score (nSPS) is 25.0. The van der Waals surface area contributed by atoms with Gasteiger partial charge in [0.05, 0.1) is 6.54 Å². The third kappa shape index (κ3) is 3.09. The predicted octanol–water partition coefficient (Wildman–Crippen LogP) is 2.09. The molecular weight excluding hydrogens is 348 g/mol. The van der Waals surface area contributed by atoms with Crippen molar-refractivity contribution in [2.45, 2.75) is 26.3 Å². The first-order valence-electron chi connectivity index (χ1n) is 7.85. The lowest BCUT2D eigenvalue weighted by Crippen LogP contribution is -2.44. The Morgan fingerprint density at radius 3 is 2.73 bits per heavy atom. The van der Waals surface area contributed by atoms with Crippen LogP contribution in [-0.2, 0) is 11.3 Å². The number of furan rings is 1. The zero-order chi connectivity index (χ0) is 15.7. The molecule has 6 heteroatoms. The molecule has 1 N–H and O–H groups in total. The molecule has 1 aromatic rings. The van der Waals surface area contributed by atoms with Crippen LogP contribution in [0.1, 0.15) is 25.5 Å². The number of carbonyl (C=O) groups is 1. The number of piperidine rings is 1. The third-order valence-corrected chi connectivity index (χ3v) is 5.76. The highest BCUT2D eigenvalue weighted by atomic mass is 79.9. The van der Waals surface area contributed by atoms with Crippen LogP contribution >= 0.6 is 15.9 Å². The van der Waals surface area contributed by atoms with E-state index in [1.807, 2.05) is 17.0 Å². The van der Waals surface area contributed by atoms with Crippen molar-refractivity contribution in [2.75, 3.05) is 32.8 Å². The molecule has 1 unspecified atom stereocenters. The van der Waals surface area contributed by atoms with Crippen molar-refractivity contribution in [3.63, 3.8) is 0 Å². The minimum absolute atomic E-state index is 0.0979. The van der Waals surface area contributed by atoms with Crippen molar-refractivity contribution in [3.8, 4) is 0 Å². The first-order chi connectivity index (χ1) is 10.5. The molecule has 5 nitrogen and oxygen atoms in total. The molecule has 1 spiro atoms. The topological polar surface area (TPSA) is 56.9 Å². The number of likely N-dealkylation sites (tertiary alicyclic amines) is 2. The molecule has 22 heavy (non-hydrogen) atoms.